The Morgan fingerprint density at radius 1 is 1.44 bits per heavy atom. The molecule has 1 heterocycles. The summed E-state index contributed by atoms with van der Waals surface area (Å²) in [5.74, 6) is -1.48. The Kier molecular flexibility index (Phi) is 2.40. The molecule has 1 aliphatic heterocycles. The molecule has 6 heteroatoms. The van der Waals surface area contributed by atoms with Crippen molar-refractivity contribution in [2.75, 3.05) is 6.54 Å². The SMILES string of the molecule is O=C1NC[C@@H](c2ccc(O)c(C(=O)O)c2)N1. The Hall–Kier alpha value is -2.24. The average molecular weight is 222 g/mol. The van der Waals surface area contributed by atoms with Gasteiger partial charge < -0.3 is 20.8 Å². The summed E-state index contributed by atoms with van der Waals surface area (Å²) in [6.07, 6.45) is 0. The van der Waals surface area contributed by atoms with Crippen LogP contribution in [-0.2, 0) is 0 Å². The van der Waals surface area contributed by atoms with Crippen LogP contribution >= 0.6 is 0 Å². The molecule has 6 nitrogen and oxygen atoms in total. The van der Waals surface area contributed by atoms with E-state index in [4.69, 9.17) is 5.11 Å². The number of urea groups is 1. The van der Waals surface area contributed by atoms with Gasteiger partial charge in [0.2, 0.25) is 0 Å². The van der Waals surface area contributed by atoms with E-state index in [1.54, 1.807) is 6.07 Å². The molecule has 0 unspecified atom stereocenters. The minimum Gasteiger partial charge on any atom is -0.507 e. The van der Waals surface area contributed by atoms with Crippen molar-refractivity contribution in [3.8, 4) is 5.75 Å². The first-order valence-electron chi connectivity index (χ1n) is 4.68. The number of phenols is 1. The third kappa shape index (κ3) is 1.77. The first-order chi connectivity index (χ1) is 7.58. The van der Waals surface area contributed by atoms with E-state index in [-0.39, 0.29) is 23.4 Å². The molecular formula is C10H10N2O4. The highest BCUT2D eigenvalue weighted by Gasteiger charge is 2.23. The molecule has 1 aliphatic rings. The van der Waals surface area contributed by atoms with Gasteiger partial charge in [0.25, 0.3) is 0 Å². The predicted octanol–water partition coefficient (Wildman–Crippen LogP) is 0.444. The zero-order valence-corrected chi connectivity index (χ0v) is 8.23. The number of amides is 2. The van der Waals surface area contributed by atoms with Gasteiger partial charge >= 0.3 is 12.0 Å². The van der Waals surface area contributed by atoms with Gasteiger partial charge in [0.1, 0.15) is 11.3 Å². The third-order valence-electron chi connectivity index (χ3n) is 2.43. The largest absolute Gasteiger partial charge is 0.507 e. The number of carbonyl (C=O) groups is 2. The van der Waals surface area contributed by atoms with Gasteiger partial charge in [-0.1, -0.05) is 6.07 Å². The quantitative estimate of drug-likeness (QED) is 0.583. The number of hydrogen-bond acceptors (Lipinski definition) is 3. The summed E-state index contributed by atoms with van der Waals surface area (Å²) in [4.78, 5) is 21.7. The molecule has 0 bridgehead atoms. The van der Waals surface area contributed by atoms with Crippen molar-refractivity contribution in [3.63, 3.8) is 0 Å². The molecule has 0 spiro atoms. The lowest BCUT2D eigenvalue weighted by Gasteiger charge is -2.10. The van der Waals surface area contributed by atoms with Crippen LogP contribution in [0.15, 0.2) is 18.2 Å². The molecule has 1 aromatic carbocycles. The molecule has 1 saturated heterocycles. The molecule has 16 heavy (non-hydrogen) atoms. The van der Waals surface area contributed by atoms with Crippen LogP contribution in [0.1, 0.15) is 22.0 Å². The maximum absolute atomic E-state index is 10.9. The van der Waals surface area contributed by atoms with Gasteiger partial charge in [-0.2, -0.15) is 0 Å². The Balaban J connectivity index is 2.32. The third-order valence-corrected chi connectivity index (χ3v) is 2.43. The lowest BCUT2D eigenvalue weighted by atomic mass is 10.0. The van der Waals surface area contributed by atoms with Gasteiger partial charge in [-0.3, -0.25) is 0 Å². The fourth-order valence-corrected chi connectivity index (χ4v) is 1.60. The molecule has 2 amide bonds. The predicted molar refractivity (Wildman–Crippen MR) is 54.3 cm³/mol. The molecule has 0 aromatic heterocycles. The number of carboxylic acids is 1. The number of nitrogens with one attached hydrogen (secondary N) is 2. The van der Waals surface area contributed by atoms with Gasteiger partial charge in [0.05, 0.1) is 6.04 Å². The van der Waals surface area contributed by atoms with Gasteiger partial charge in [-0.15, -0.1) is 0 Å². The van der Waals surface area contributed by atoms with Gasteiger partial charge in [-0.25, -0.2) is 9.59 Å². The van der Waals surface area contributed by atoms with Crippen molar-refractivity contribution >= 4 is 12.0 Å². The Labute approximate surface area is 90.9 Å². The number of carboxylic acid groups (broad SMARTS) is 1. The van der Waals surface area contributed by atoms with E-state index in [1.165, 1.54) is 12.1 Å². The summed E-state index contributed by atoms with van der Waals surface area (Å²) in [6.45, 7) is 0.405. The number of aromatic hydroxyl groups is 1. The van der Waals surface area contributed by atoms with Crippen LogP contribution < -0.4 is 10.6 Å². The van der Waals surface area contributed by atoms with Crippen LogP contribution in [0, 0.1) is 0 Å². The molecule has 0 saturated carbocycles. The standard InChI is InChI=1S/C10H10N2O4/c13-8-2-1-5(3-6(8)9(14)15)7-4-11-10(16)12-7/h1-3,7,13H,4H2,(H,14,15)(H2,11,12,16)/t7-/m0/s1. The second-order valence-electron chi connectivity index (χ2n) is 3.49. The smallest absolute Gasteiger partial charge is 0.339 e. The zero-order valence-electron chi connectivity index (χ0n) is 8.23. The van der Waals surface area contributed by atoms with Gasteiger partial charge in [-0.05, 0) is 17.7 Å². The highest BCUT2D eigenvalue weighted by atomic mass is 16.4. The normalized spacial score (nSPS) is 19.0. The second kappa shape index (κ2) is 3.73. The Morgan fingerprint density at radius 3 is 2.75 bits per heavy atom. The van der Waals surface area contributed by atoms with E-state index in [0.717, 1.165) is 0 Å². The molecule has 4 N–H and O–H groups in total. The van der Waals surface area contributed by atoms with Crippen LogP contribution in [-0.4, -0.2) is 28.8 Å². The molecular weight excluding hydrogens is 212 g/mol. The van der Waals surface area contributed by atoms with E-state index in [2.05, 4.69) is 10.6 Å². The summed E-state index contributed by atoms with van der Waals surface area (Å²) in [5, 5.41) is 23.3. The molecule has 0 radical (unpaired) electrons. The number of aromatic carboxylic acids is 1. The monoisotopic (exact) mass is 222 g/mol. The Bertz CT molecular complexity index is 458. The molecule has 84 valence electrons. The van der Waals surface area contributed by atoms with Crippen LogP contribution in [0.3, 0.4) is 0 Å². The van der Waals surface area contributed by atoms with Gasteiger partial charge in [0.15, 0.2) is 0 Å². The van der Waals surface area contributed by atoms with E-state index in [9.17, 15) is 14.7 Å². The maximum Gasteiger partial charge on any atom is 0.339 e. The Morgan fingerprint density at radius 2 is 2.19 bits per heavy atom. The number of benzene rings is 1. The van der Waals surface area contributed by atoms with Crippen molar-refractivity contribution in [1.82, 2.24) is 10.6 Å². The van der Waals surface area contributed by atoms with Crippen LogP contribution in [0.4, 0.5) is 4.79 Å². The fourth-order valence-electron chi connectivity index (χ4n) is 1.60. The highest BCUT2D eigenvalue weighted by molar-refractivity contribution is 5.91. The van der Waals surface area contributed by atoms with Crippen LogP contribution in [0.25, 0.3) is 0 Å². The summed E-state index contributed by atoms with van der Waals surface area (Å²) in [6, 6.07) is 3.71. The van der Waals surface area contributed by atoms with Crippen molar-refractivity contribution in [2.24, 2.45) is 0 Å². The lowest BCUT2D eigenvalue weighted by molar-refractivity contribution is 0.0693. The van der Waals surface area contributed by atoms with Crippen LogP contribution in [0.5, 0.6) is 5.75 Å². The second-order valence-corrected chi connectivity index (χ2v) is 3.49. The van der Waals surface area contributed by atoms with E-state index < -0.39 is 5.97 Å². The zero-order chi connectivity index (χ0) is 11.7. The maximum atomic E-state index is 10.9. The fraction of sp³-hybridized carbons (Fsp3) is 0.200. The molecule has 0 aliphatic carbocycles. The summed E-state index contributed by atoms with van der Waals surface area (Å²) >= 11 is 0. The first-order valence-corrected chi connectivity index (χ1v) is 4.68. The van der Waals surface area contributed by atoms with Crippen molar-refractivity contribution < 1.29 is 19.8 Å². The van der Waals surface area contributed by atoms with E-state index in [0.29, 0.717) is 12.1 Å². The first kappa shape index (κ1) is 10.3. The van der Waals surface area contributed by atoms with Crippen molar-refractivity contribution in [1.29, 1.82) is 0 Å². The highest BCUT2D eigenvalue weighted by Crippen LogP contribution is 2.23. The van der Waals surface area contributed by atoms with E-state index in [1.807, 2.05) is 0 Å². The number of hydrogen-bond donors (Lipinski definition) is 4. The topological polar surface area (TPSA) is 98.7 Å². The average Bonchev–Trinajstić information content (AvgIpc) is 2.65. The van der Waals surface area contributed by atoms with Crippen molar-refractivity contribution in [3.05, 3.63) is 29.3 Å². The molecule has 1 aromatic rings. The molecule has 1 fully saturated rings. The molecule has 1 atom stereocenters. The minimum atomic E-state index is -1.20. The molecule has 2 rings (SSSR count). The van der Waals surface area contributed by atoms with Crippen LogP contribution in [0.2, 0.25) is 0 Å². The summed E-state index contributed by atoms with van der Waals surface area (Å²) in [7, 11) is 0. The number of rotatable bonds is 2. The lowest BCUT2D eigenvalue weighted by Crippen LogP contribution is -2.21. The van der Waals surface area contributed by atoms with Crippen molar-refractivity contribution in [2.45, 2.75) is 6.04 Å². The van der Waals surface area contributed by atoms with Gasteiger partial charge in [0, 0.05) is 6.54 Å². The van der Waals surface area contributed by atoms with E-state index >= 15 is 0 Å². The summed E-state index contributed by atoms with van der Waals surface area (Å²) in [5.41, 5.74) is 0.479. The number of carbonyl (C=O) groups excluding carboxylic acids is 1. The summed E-state index contributed by atoms with van der Waals surface area (Å²) < 4.78 is 0. The minimum absolute atomic E-state index is 0.168.